The summed E-state index contributed by atoms with van der Waals surface area (Å²) in [5.74, 6) is 1.66. The summed E-state index contributed by atoms with van der Waals surface area (Å²) in [6.45, 7) is 4.91. The highest BCUT2D eigenvalue weighted by molar-refractivity contribution is 7.13. The fourth-order valence-corrected chi connectivity index (χ4v) is 5.18. The summed E-state index contributed by atoms with van der Waals surface area (Å²) in [6, 6.07) is 23.7. The summed E-state index contributed by atoms with van der Waals surface area (Å²) in [7, 11) is 1.60. The molecule has 1 N–H and O–H groups in total. The maximum absolute atomic E-state index is 12.8. The minimum absolute atomic E-state index is 0.129. The molecular weight excluding hydrogens is 444 g/mol. The molecular formula is C27H28N4O2S. The number of anilines is 2. The first-order valence-electron chi connectivity index (χ1n) is 11.6. The molecule has 0 radical (unpaired) electrons. The van der Waals surface area contributed by atoms with Gasteiger partial charge in [0, 0.05) is 49.4 Å². The number of carbonyl (C=O) groups excluding carboxylic acids is 1. The Labute approximate surface area is 203 Å². The Kier molecular flexibility index (Phi) is 6.74. The first kappa shape index (κ1) is 22.4. The number of methoxy groups -OCH3 is 1. The van der Waals surface area contributed by atoms with Gasteiger partial charge in [0.2, 0.25) is 0 Å². The van der Waals surface area contributed by atoms with Gasteiger partial charge in [-0.05, 0) is 59.9 Å². The molecule has 5 rings (SSSR count). The van der Waals surface area contributed by atoms with Crippen molar-refractivity contribution in [3.8, 4) is 5.75 Å². The van der Waals surface area contributed by atoms with Gasteiger partial charge >= 0.3 is 0 Å². The van der Waals surface area contributed by atoms with E-state index >= 15 is 0 Å². The van der Waals surface area contributed by atoms with Crippen LogP contribution in [0.15, 0.2) is 72.8 Å². The second-order valence-electron chi connectivity index (χ2n) is 8.42. The zero-order valence-electron chi connectivity index (χ0n) is 19.2. The van der Waals surface area contributed by atoms with Crippen LogP contribution in [0.5, 0.6) is 5.75 Å². The van der Waals surface area contributed by atoms with Crippen LogP contribution in [0.4, 0.5) is 11.5 Å². The Balaban J connectivity index is 1.18. The molecule has 4 aromatic rings. The van der Waals surface area contributed by atoms with Crippen LogP contribution in [0.2, 0.25) is 0 Å². The Hall–Kier alpha value is -3.42. The predicted molar refractivity (Wildman–Crippen MR) is 139 cm³/mol. The van der Waals surface area contributed by atoms with Crippen LogP contribution in [0.3, 0.4) is 0 Å². The molecule has 0 atom stereocenters. The Morgan fingerprint density at radius 1 is 1.00 bits per heavy atom. The Morgan fingerprint density at radius 2 is 1.79 bits per heavy atom. The first-order chi connectivity index (χ1) is 16.7. The quantitative estimate of drug-likeness (QED) is 0.414. The fraction of sp³-hybridized carbons (Fsp3) is 0.259. The van der Waals surface area contributed by atoms with Gasteiger partial charge < -0.3 is 15.0 Å². The van der Waals surface area contributed by atoms with Gasteiger partial charge in [-0.15, -0.1) is 0 Å². The highest BCUT2D eigenvalue weighted by atomic mass is 32.1. The largest absolute Gasteiger partial charge is 0.497 e. The van der Waals surface area contributed by atoms with Crippen molar-refractivity contribution < 1.29 is 9.53 Å². The van der Waals surface area contributed by atoms with Crippen LogP contribution < -0.4 is 15.0 Å². The molecule has 174 valence electrons. The molecule has 1 amide bonds. The predicted octanol–water partition coefficient (Wildman–Crippen LogP) is 4.92. The second kappa shape index (κ2) is 10.2. The van der Waals surface area contributed by atoms with Crippen LogP contribution in [0.25, 0.3) is 10.1 Å². The maximum Gasteiger partial charge on any atom is 0.255 e. The summed E-state index contributed by atoms with van der Waals surface area (Å²) in [5.41, 5.74) is 2.59. The van der Waals surface area contributed by atoms with Gasteiger partial charge in [0.25, 0.3) is 5.91 Å². The fourth-order valence-electron chi connectivity index (χ4n) is 4.38. The van der Waals surface area contributed by atoms with E-state index in [1.807, 2.05) is 30.3 Å². The minimum Gasteiger partial charge on any atom is -0.497 e. The summed E-state index contributed by atoms with van der Waals surface area (Å²) < 4.78 is 11.2. The third-order valence-electron chi connectivity index (χ3n) is 6.33. The molecule has 0 unspecified atom stereocenters. The lowest BCUT2D eigenvalue weighted by Crippen LogP contribution is -2.47. The summed E-state index contributed by atoms with van der Waals surface area (Å²) in [4.78, 5) is 17.7. The van der Waals surface area contributed by atoms with Crippen LogP contribution in [-0.2, 0) is 6.42 Å². The van der Waals surface area contributed by atoms with Gasteiger partial charge in [0.15, 0.2) is 0 Å². The molecule has 6 nitrogen and oxygen atoms in total. The van der Waals surface area contributed by atoms with Crippen molar-refractivity contribution in [1.29, 1.82) is 0 Å². The molecule has 34 heavy (non-hydrogen) atoms. The number of fused-ring (bicyclic) bond motifs is 1. The van der Waals surface area contributed by atoms with E-state index in [0.717, 1.165) is 56.2 Å². The van der Waals surface area contributed by atoms with Gasteiger partial charge in [0.05, 0.1) is 11.8 Å². The third-order valence-corrected chi connectivity index (χ3v) is 7.14. The molecule has 1 fully saturated rings. The average molecular weight is 473 g/mol. The first-order valence-corrected chi connectivity index (χ1v) is 12.3. The summed E-state index contributed by atoms with van der Waals surface area (Å²) in [5, 5.41) is 4.33. The van der Waals surface area contributed by atoms with Gasteiger partial charge in [-0.3, -0.25) is 9.69 Å². The highest BCUT2D eigenvalue weighted by Gasteiger charge is 2.21. The Morgan fingerprint density at radius 3 is 2.65 bits per heavy atom. The number of benzene rings is 3. The number of nitrogens with one attached hydrogen (secondary N) is 1. The lowest BCUT2D eigenvalue weighted by atomic mass is 10.1. The highest BCUT2D eigenvalue weighted by Crippen LogP contribution is 2.30. The summed E-state index contributed by atoms with van der Waals surface area (Å²) >= 11 is 1.58. The maximum atomic E-state index is 12.8. The molecule has 0 spiro atoms. The number of ether oxygens (including phenoxy) is 1. The molecule has 7 heteroatoms. The van der Waals surface area contributed by atoms with Crippen molar-refractivity contribution in [2.45, 2.75) is 6.42 Å². The van der Waals surface area contributed by atoms with Crippen molar-refractivity contribution in [2.24, 2.45) is 0 Å². The Bertz CT molecular complexity index is 1280. The number of rotatable bonds is 7. The molecule has 1 aromatic heterocycles. The SMILES string of the molecule is COc1cccc(C(=O)Nc2ccccc2CCN2CCN(c3nsc4ccccc34)CC2)c1. The smallest absolute Gasteiger partial charge is 0.255 e. The van der Waals surface area contributed by atoms with Gasteiger partial charge in [-0.1, -0.05) is 36.4 Å². The van der Waals surface area contributed by atoms with E-state index in [1.165, 1.54) is 10.1 Å². The molecule has 2 heterocycles. The normalized spacial score (nSPS) is 14.3. The van der Waals surface area contributed by atoms with Gasteiger partial charge in [-0.2, -0.15) is 4.37 Å². The molecule has 0 aliphatic carbocycles. The molecule has 1 saturated heterocycles. The van der Waals surface area contributed by atoms with Crippen LogP contribution in [0, 0.1) is 0 Å². The lowest BCUT2D eigenvalue weighted by molar-refractivity contribution is 0.102. The van der Waals surface area contributed by atoms with Crippen LogP contribution in [-0.4, -0.2) is 55.0 Å². The van der Waals surface area contributed by atoms with E-state index in [4.69, 9.17) is 9.11 Å². The number of aromatic nitrogens is 1. The van der Waals surface area contributed by atoms with Crippen LogP contribution >= 0.6 is 11.5 Å². The van der Waals surface area contributed by atoms with E-state index in [0.29, 0.717) is 11.3 Å². The van der Waals surface area contributed by atoms with Crippen molar-refractivity contribution in [2.75, 3.05) is 50.1 Å². The van der Waals surface area contributed by atoms with Gasteiger partial charge in [0.1, 0.15) is 11.6 Å². The average Bonchev–Trinajstić information content (AvgIpc) is 3.33. The molecule has 3 aromatic carbocycles. The molecule has 1 aliphatic rings. The standard InChI is InChI=1S/C27H28N4O2S/c1-33-22-9-6-8-21(19-22)27(32)28-24-11-4-2-7-20(24)13-14-30-15-17-31(18-16-30)26-23-10-3-5-12-25(23)34-29-26/h2-12,19H,13-18H2,1H3,(H,28,32). The number of carbonyl (C=O) groups is 1. The lowest BCUT2D eigenvalue weighted by Gasteiger charge is -2.35. The number of amides is 1. The third kappa shape index (κ3) is 4.90. The van der Waals surface area contributed by atoms with Crippen molar-refractivity contribution >= 4 is 39.0 Å². The van der Waals surface area contributed by atoms with Crippen molar-refractivity contribution in [1.82, 2.24) is 9.27 Å². The van der Waals surface area contributed by atoms with E-state index in [9.17, 15) is 4.79 Å². The van der Waals surface area contributed by atoms with Crippen molar-refractivity contribution in [3.05, 3.63) is 83.9 Å². The van der Waals surface area contributed by atoms with Crippen LogP contribution in [0.1, 0.15) is 15.9 Å². The van der Waals surface area contributed by atoms with E-state index < -0.39 is 0 Å². The van der Waals surface area contributed by atoms with E-state index in [2.05, 4.69) is 45.4 Å². The second-order valence-corrected chi connectivity index (χ2v) is 9.23. The number of hydrogen-bond acceptors (Lipinski definition) is 6. The number of para-hydroxylation sites is 1. The molecule has 1 aliphatic heterocycles. The van der Waals surface area contributed by atoms with E-state index in [1.54, 1.807) is 30.8 Å². The zero-order chi connectivity index (χ0) is 23.3. The van der Waals surface area contributed by atoms with Crippen molar-refractivity contribution in [3.63, 3.8) is 0 Å². The topological polar surface area (TPSA) is 57.7 Å². The number of hydrogen-bond donors (Lipinski definition) is 1. The number of piperazine rings is 1. The summed E-state index contributed by atoms with van der Waals surface area (Å²) in [6.07, 6.45) is 0.883. The molecule has 0 saturated carbocycles. The number of nitrogens with zero attached hydrogens (tertiary/aromatic N) is 3. The zero-order valence-corrected chi connectivity index (χ0v) is 20.1. The monoisotopic (exact) mass is 472 g/mol. The molecule has 0 bridgehead atoms. The minimum atomic E-state index is -0.129. The van der Waals surface area contributed by atoms with Gasteiger partial charge in [-0.25, -0.2) is 0 Å². The van der Waals surface area contributed by atoms with E-state index in [-0.39, 0.29) is 5.91 Å².